The zero-order valence-electron chi connectivity index (χ0n) is 16.7. The standard InChI is InChI=1S/C22H21N5O2S2/c28-20(13-17-15-31-22(25-17)26-21(29)18-7-4-12-30-18)24-9-8-19-23-10-11-27(19)14-16-5-2-1-3-6-16/h1-7,10-12,15H,8-9,13-14H2,(H,24,28)(H,25,26,29). The van der Waals surface area contributed by atoms with Gasteiger partial charge in [-0.05, 0) is 17.0 Å². The van der Waals surface area contributed by atoms with Gasteiger partial charge in [0.05, 0.1) is 17.0 Å². The minimum Gasteiger partial charge on any atom is -0.355 e. The summed E-state index contributed by atoms with van der Waals surface area (Å²) in [5.74, 6) is 0.630. The molecule has 0 aliphatic heterocycles. The van der Waals surface area contributed by atoms with E-state index in [2.05, 4.69) is 37.3 Å². The Kier molecular flexibility index (Phi) is 6.85. The molecule has 0 saturated heterocycles. The fourth-order valence-electron chi connectivity index (χ4n) is 3.05. The molecule has 158 valence electrons. The molecule has 9 heteroatoms. The predicted octanol–water partition coefficient (Wildman–Crippen LogP) is 3.60. The fourth-order valence-corrected chi connectivity index (χ4v) is 4.37. The number of anilines is 1. The van der Waals surface area contributed by atoms with Crippen molar-refractivity contribution in [3.05, 3.63) is 87.6 Å². The number of carbonyl (C=O) groups excluding carboxylic acids is 2. The summed E-state index contributed by atoms with van der Waals surface area (Å²) in [6.07, 6.45) is 4.54. The summed E-state index contributed by atoms with van der Waals surface area (Å²) in [4.78, 5) is 33.7. The number of amides is 2. The number of thiophene rings is 1. The predicted molar refractivity (Wildman–Crippen MR) is 123 cm³/mol. The molecule has 0 radical (unpaired) electrons. The number of carbonyl (C=O) groups is 2. The van der Waals surface area contributed by atoms with Crippen molar-refractivity contribution in [2.45, 2.75) is 19.4 Å². The summed E-state index contributed by atoms with van der Waals surface area (Å²) in [6.45, 7) is 1.25. The molecule has 0 unspecified atom stereocenters. The summed E-state index contributed by atoms with van der Waals surface area (Å²) < 4.78 is 2.09. The average molecular weight is 452 g/mol. The molecule has 0 saturated carbocycles. The fraction of sp³-hybridized carbons (Fsp3) is 0.182. The molecule has 1 aromatic carbocycles. The first-order valence-electron chi connectivity index (χ1n) is 9.77. The monoisotopic (exact) mass is 451 g/mol. The smallest absolute Gasteiger partial charge is 0.267 e. The zero-order chi connectivity index (χ0) is 21.5. The molecule has 0 aliphatic carbocycles. The van der Waals surface area contributed by atoms with Gasteiger partial charge in [0.15, 0.2) is 5.13 Å². The Hall–Kier alpha value is -3.30. The Morgan fingerprint density at radius 2 is 1.94 bits per heavy atom. The minimum atomic E-state index is -0.189. The summed E-state index contributed by atoms with van der Waals surface area (Å²) in [5, 5.41) is 9.81. The lowest BCUT2D eigenvalue weighted by atomic mass is 10.2. The van der Waals surface area contributed by atoms with E-state index in [1.807, 2.05) is 35.8 Å². The molecule has 0 aliphatic rings. The van der Waals surface area contributed by atoms with Crippen LogP contribution in [0.25, 0.3) is 0 Å². The number of hydrogen-bond acceptors (Lipinski definition) is 6. The number of thiazole rings is 1. The molecule has 4 rings (SSSR count). The normalized spacial score (nSPS) is 10.7. The largest absolute Gasteiger partial charge is 0.355 e. The SMILES string of the molecule is O=C(Cc1csc(NC(=O)c2cccs2)n1)NCCc1nccn1Cc1ccccc1. The van der Waals surface area contributed by atoms with Crippen LogP contribution in [0.3, 0.4) is 0 Å². The highest BCUT2D eigenvalue weighted by atomic mass is 32.1. The van der Waals surface area contributed by atoms with Gasteiger partial charge in [-0.3, -0.25) is 14.9 Å². The van der Waals surface area contributed by atoms with E-state index < -0.39 is 0 Å². The molecule has 31 heavy (non-hydrogen) atoms. The van der Waals surface area contributed by atoms with Gasteiger partial charge in [-0.25, -0.2) is 9.97 Å². The van der Waals surface area contributed by atoms with Gasteiger partial charge in [-0.1, -0.05) is 36.4 Å². The number of benzene rings is 1. The third-order valence-corrected chi connectivity index (χ3v) is 6.20. The summed E-state index contributed by atoms with van der Waals surface area (Å²) in [6, 6.07) is 13.8. The van der Waals surface area contributed by atoms with Gasteiger partial charge < -0.3 is 9.88 Å². The van der Waals surface area contributed by atoms with Gasteiger partial charge in [0.1, 0.15) is 5.82 Å². The molecule has 3 heterocycles. The van der Waals surface area contributed by atoms with Crippen LogP contribution in [-0.2, 0) is 24.2 Å². The molecule has 2 amide bonds. The number of aromatic nitrogens is 3. The third-order valence-electron chi connectivity index (χ3n) is 4.53. The van der Waals surface area contributed by atoms with E-state index in [1.54, 1.807) is 17.6 Å². The second kappa shape index (κ2) is 10.1. The van der Waals surface area contributed by atoms with Crippen LogP contribution in [0.1, 0.15) is 26.8 Å². The maximum Gasteiger partial charge on any atom is 0.267 e. The Morgan fingerprint density at radius 3 is 2.74 bits per heavy atom. The number of nitrogens with zero attached hydrogens (tertiary/aromatic N) is 3. The van der Waals surface area contributed by atoms with Gasteiger partial charge in [-0.15, -0.1) is 22.7 Å². The highest BCUT2D eigenvalue weighted by molar-refractivity contribution is 7.14. The third kappa shape index (κ3) is 5.87. The topological polar surface area (TPSA) is 88.9 Å². The van der Waals surface area contributed by atoms with Crippen LogP contribution in [0.4, 0.5) is 5.13 Å². The Morgan fingerprint density at radius 1 is 1.06 bits per heavy atom. The van der Waals surface area contributed by atoms with E-state index in [0.29, 0.717) is 28.7 Å². The lowest BCUT2D eigenvalue weighted by Gasteiger charge is -2.09. The lowest BCUT2D eigenvalue weighted by molar-refractivity contribution is -0.120. The highest BCUT2D eigenvalue weighted by Gasteiger charge is 2.12. The van der Waals surface area contributed by atoms with Gasteiger partial charge >= 0.3 is 0 Å². The van der Waals surface area contributed by atoms with E-state index >= 15 is 0 Å². The molecule has 0 spiro atoms. The molecule has 0 atom stereocenters. The van der Waals surface area contributed by atoms with E-state index in [1.165, 1.54) is 28.2 Å². The van der Waals surface area contributed by atoms with Crippen molar-refractivity contribution >= 4 is 39.6 Å². The van der Waals surface area contributed by atoms with E-state index in [-0.39, 0.29) is 18.2 Å². The van der Waals surface area contributed by atoms with Crippen molar-refractivity contribution in [3.8, 4) is 0 Å². The Labute approximate surface area is 187 Å². The van der Waals surface area contributed by atoms with Crippen LogP contribution in [-0.4, -0.2) is 32.9 Å². The van der Waals surface area contributed by atoms with E-state index in [0.717, 1.165) is 12.4 Å². The van der Waals surface area contributed by atoms with Gasteiger partial charge in [0.25, 0.3) is 5.91 Å². The molecular formula is C22H21N5O2S2. The lowest BCUT2D eigenvalue weighted by Crippen LogP contribution is -2.28. The van der Waals surface area contributed by atoms with Crippen LogP contribution >= 0.6 is 22.7 Å². The van der Waals surface area contributed by atoms with Crippen molar-refractivity contribution in [3.63, 3.8) is 0 Å². The molecule has 2 N–H and O–H groups in total. The number of hydrogen-bond donors (Lipinski definition) is 2. The van der Waals surface area contributed by atoms with Crippen molar-refractivity contribution in [1.29, 1.82) is 0 Å². The summed E-state index contributed by atoms with van der Waals surface area (Å²) in [5.41, 5.74) is 1.84. The first kappa shape index (κ1) is 21.0. The van der Waals surface area contributed by atoms with Crippen molar-refractivity contribution in [1.82, 2.24) is 19.9 Å². The van der Waals surface area contributed by atoms with E-state index in [9.17, 15) is 9.59 Å². The van der Waals surface area contributed by atoms with Gasteiger partial charge in [0, 0.05) is 37.3 Å². The minimum absolute atomic E-state index is 0.109. The van der Waals surface area contributed by atoms with Crippen LogP contribution < -0.4 is 10.6 Å². The highest BCUT2D eigenvalue weighted by Crippen LogP contribution is 2.18. The molecule has 4 aromatic rings. The van der Waals surface area contributed by atoms with Crippen LogP contribution in [0.5, 0.6) is 0 Å². The second-order valence-electron chi connectivity index (χ2n) is 6.81. The van der Waals surface area contributed by atoms with Crippen LogP contribution in [0, 0.1) is 0 Å². The molecule has 0 bridgehead atoms. The quantitative estimate of drug-likeness (QED) is 0.407. The first-order chi connectivity index (χ1) is 15.2. The van der Waals surface area contributed by atoms with Crippen molar-refractivity contribution in [2.75, 3.05) is 11.9 Å². The number of nitrogens with one attached hydrogen (secondary N) is 2. The van der Waals surface area contributed by atoms with Crippen molar-refractivity contribution in [2.24, 2.45) is 0 Å². The molecule has 3 aromatic heterocycles. The second-order valence-corrected chi connectivity index (χ2v) is 8.61. The summed E-state index contributed by atoms with van der Waals surface area (Å²) >= 11 is 2.68. The number of imidazole rings is 1. The van der Waals surface area contributed by atoms with Gasteiger partial charge in [0.2, 0.25) is 5.91 Å². The molecule has 7 nitrogen and oxygen atoms in total. The van der Waals surface area contributed by atoms with Crippen LogP contribution in [0.15, 0.2) is 65.6 Å². The first-order valence-corrected chi connectivity index (χ1v) is 11.5. The van der Waals surface area contributed by atoms with Crippen molar-refractivity contribution < 1.29 is 9.59 Å². The zero-order valence-corrected chi connectivity index (χ0v) is 18.3. The Balaban J connectivity index is 1.23. The Bertz CT molecular complexity index is 1140. The maximum atomic E-state index is 12.3. The van der Waals surface area contributed by atoms with Crippen LogP contribution in [0.2, 0.25) is 0 Å². The molecular weight excluding hydrogens is 430 g/mol. The van der Waals surface area contributed by atoms with Gasteiger partial charge in [-0.2, -0.15) is 0 Å². The van der Waals surface area contributed by atoms with E-state index in [4.69, 9.17) is 0 Å². The molecule has 0 fully saturated rings. The summed E-state index contributed by atoms with van der Waals surface area (Å²) in [7, 11) is 0. The maximum absolute atomic E-state index is 12.3. The number of rotatable bonds is 9. The average Bonchev–Trinajstić information content (AvgIpc) is 3.52.